The van der Waals surface area contributed by atoms with Crippen molar-refractivity contribution in [3.05, 3.63) is 58.3 Å². The van der Waals surface area contributed by atoms with Gasteiger partial charge >= 0.3 is 0 Å². The Hall–Kier alpha value is -2.11. The third-order valence-electron chi connectivity index (χ3n) is 2.99. The number of nitrogens with one attached hydrogen (secondary N) is 1. The number of benzene rings is 1. The lowest BCUT2D eigenvalue weighted by Crippen LogP contribution is -2.14. The van der Waals surface area contributed by atoms with Crippen molar-refractivity contribution in [1.82, 2.24) is 4.98 Å². The van der Waals surface area contributed by atoms with Crippen LogP contribution in [0.15, 0.2) is 46.2 Å². The van der Waals surface area contributed by atoms with Crippen LogP contribution in [-0.4, -0.2) is 10.9 Å². The maximum Gasteiger partial charge on any atom is 0.230 e. The maximum atomic E-state index is 12.1. The van der Waals surface area contributed by atoms with Crippen molar-refractivity contribution in [3.63, 3.8) is 0 Å². The van der Waals surface area contributed by atoms with Crippen molar-refractivity contribution in [1.29, 1.82) is 0 Å². The first-order chi connectivity index (χ1) is 10.6. The molecule has 3 rings (SSSR count). The minimum atomic E-state index is -0.152. The standard InChI is InChI=1S/C16H13ClN2O2S/c1-10-6-7-14(21-10)16-18-11(9-22-16)8-15(20)19-13-5-3-2-4-12(13)17/h2-7,9H,8H2,1H3,(H,19,20). The van der Waals surface area contributed by atoms with Crippen molar-refractivity contribution in [2.75, 3.05) is 5.32 Å². The molecule has 22 heavy (non-hydrogen) atoms. The van der Waals surface area contributed by atoms with Crippen LogP contribution in [0.3, 0.4) is 0 Å². The minimum Gasteiger partial charge on any atom is -0.459 e. The molecule has 1 N–H and O–H groups in total. The van der Waals surface area contributed by atoms with E-state index < -0.39 is 0 Å². The molecule has 0 atom stereocenters. The fourth-order valence-electron chi connectivity index (χ4n) is 1.97. The van der Waals surface area contributed by atoms with Gasteiger partial charge in [0.1, 0.15) is 5.76 Å². The molecule has 0 fully saturated rings. The van der Waals surface area contributed by atoms with Gasteiger partial charge in [-0.15, -0.1) is 11.3 Å². The summed E-state index contributed by atoms with van der Waals surface area (Å²) >= 11 is 7.47. The first-order valence-corrected chi connectivity index (χ1v) is 7.93. The molecule has 0 aliphatic heterocycles. The Kier molecular flexibility index (Phi) is 4.27. The summed E-state index contributed by atoms with van der Waals surface area (Å²) in [6.07, 6.45) is 0.196. The number of aryl methyl sites for hydroxylation is 1. The highest BCUT2D eigenvalue weighted by atomic mass is 35.5. The van der Waals surface area contributed by atoms with E-state index in [0.29, 0.717) is 16.4 Å². The highest BCUT2D eigenvalue weighted by molar-refractivity contribution is 7.13. The van der Waals surface area contributed by atoms with E-state index in [-0.39, 0.29) is 12.3 Å². The maximum absolute atomic E-state index is 12.1. The molecule has 6 heteroatoms. The van der Waals surface area contributed by atoms with Gasteiger partial charge < -0.3 is 9.73 Å². The zero-order valence-corrected chi connectivity index (χ0v) is 13.4. The number of furan rings is 1. The van der Waals surface area contributed by atoms with Crippen LogP contribution in [0.4, 0.5) is 5.69 Å². The van der Waals surface area contributed by atoms with Gasteiger partial charge in [0.15, 0.2) is 10.8 Å². The van der Waals surface area contributed by atoms with E-state index in [1.807, 2.05) is 36.6 Å². The predicted molar refractivity (Wildman–Crippen MR) is 88.3 cm³/mol. The van der Waals surface area contributed by atoms with Crippen LogP contribution in [0.2, 0.25) is 5.02 Å². The number of anilines is 1. The first kappa shape index (κ1) is 14.8. The summed E-state index contributed by atoms with van der Waals surface area (Å²) in [5, 5.41) is 5.93. The number of halogens is 1. The summed E-state index contributed by atoms with van der Waals surface area (Å²) in [5.41, 5.74) is 1.31. The molecule has 2 aromatic heterocycles. The van der Waals surface area contributed by atoms with Gasteiger partial charge in [0.2, 0.25) is 5.91 Å². The molecule has 0 saturated heterocycles. The lowest BCUT2D eigenvalue weighted by atomic mass is 10.3. The number of carbonyl (C=O) groups excluding carboxylic acids is 1. The number of nitrogens with zero attached hydrogens (tertiary/aromatic N) is 1. The average molecular weight is 333 g/mol. The Balaban J connectivity index is 1.67. The highest BCUT2D eigenvalue weighted by Gasteiger charge is 2.12. The van der Waals surface area contributed by atoms with Crippen LogP contribution < -0.4 is 5.32 Å². The van der Waals surface area contributed by atoms with E-state index in [2.05, 4.69) is 10.3 Å². The normalized spacial score (nSPS) is 10.6. The SMILES string of the molecule is Cc1ccc(-c2nc(CC(=O)Nc3ccccc3Cl)cs2)o1. The molecule has 3 aromatic rings. The summed E-state index contributed by atoms with van der Waals surface area (Å²) in [7, 11) is 0. The van der Waals surface area contributed by atoms with Crippen LogP contribution in [-0.2, 0) is 11.2 Å². The molecule has 0 bridgehead atoms. The molecule has 0 aliphatic carbocycles. The fraction of sp³-hybridized carbons (Fsp3) is 0.125. The number of carbonyl (C=O) groups is 1. The second kappa shape index (κ2) is 6.34. The second-order valence-electron chi connectivity index (χ2n) is 4.76. The third-order valence-corrected chi connectivity index (χ3v) is 4.23. The summed E-state index contributed by atoms with van der Waals surface area (Å²) in [6, 6.07) is 10.9. The molecule has 1 aromatic carbocycles. The molecule has 0 saturated carbocycles. The Bertz CT molecular complexity index is 810. The van der Waals surface area contributed by atoms with Crippen LogP contribution in [0.25, 0.3) is 10.8 Å². The molecule has 0 unspecified atom stereocenters. The van der Waals surface area contributed by atoms with E-state index in [4.69, 9.17) is 16.0 Å². The number of hydrogen-bond donors (Lipinski definition) is 1. The van der Waals surface area contributed by atoms with Crippen LogP contribution in [0, 0.1) is 6.92 Å². The summed E-state index contributed by atoms with van der Waals surface area (Å²) in [5.74, 6) is 1.41. The van der Waals surface area contributed by atoms with Crippen LogP contribution >= 0.6 is 22.9 Å². The molecule has 0 radical (unpaired) electrons. The molecule has 0 aliphatic rings. The monoisotopic (exact) mass is 332 g/mol. The summed E-state index contributed by atoms with van der Waals surface area (Å²) in [4.78, 5) is 16.5. The zero-order chi connectivity index (χ0) is 15.5. The van der Waals surface area contributed by atoms with Crippen molar-refractivity contribution >= 4 is 34.5 Å². The van der Waals surface area contributed by atoms with Crippen LogP contribution in [0.5, 0.6) is 0 Å². The quantitative estimate of drug-likeness (QED) is 0.762. The number of amides is 1. The number of rotatable bonds is 4. The average Bonchev–Trinajstić information content (AvgIpc) is 3.10. The van der Waals surface area contributed by atoms with Gasteiger partial charge in [-0.25, -0.2) is 4.98 Å². The molecule has 1 amide bonds. The van der Waals surface area contributed by atoms with E-state index in [1.165, 1.54) is 11.3 Å². The molecule has 2 heterocycles. The van der Waals surface area contributed by atoms with E-state index in [1.54, 1.807) is 12.1 Å². The number of thiazole rings is 1. The van der Waals surface area contributed by atoms with Crippen LogP contribution in [0.1, 0.15) is 11.5 Å². The largest absolute Gasteiger partial charge is 0.459 e. The molecule has 0 spiro atoms. The Morgan fingerprint density at radius 3 is 2.86 bits per heavy atom. The van der Waals surface area contributed by atoms with Crippen molar-refractivity contribution < 1.29 is 9.21 Å². The van der Waals surface area contributed by atoms with Gasteiger partial charge in [-0.1, -0.05) is 23.7 Å². The second-order valence-corrected chi connectivity index (χ2v) is 6.02. The first-order valence-electron chi connectivity index (χ1n) is 6.67. The lowest BCUT2D eigenvalue weighted by molar-refractivity contribution is -0.115. The fourth-order valence-corrected chi connectivity index (χ4v) is 2.93. The van der Waals surface area contributed by atoms with Crippen molar-refractivity contribution in [2.24, 2.45) is 0 Å². The summed E-state index contributed by atoms with van der Waals surface area (Å²) < 4.78 is 5.53. The lowest BCUT2D eigenvalue weighted by Gasteiger charge is -2.05. The van der Waals surface area contributed by atoms with E-state index in [9.17, 15) is 4.79 Å². The zero-order valence-electron chi connectivity index (χ0n) is 11.8. The van der Waals surface area contributed by atoms with E-state index >= 15 is 0 Å². The molecular weight excluding hydrogens is 320 g/mol. The predicted octanol–water partition coefficient (Wildman–Crippen LogP) is 4.55. The van der Waals surface area contributed by atoms with E-state index in [0.717, 1.165) is 16.5 Å². The van der Waals surface area contributed by atoms with Gasteiger partial charge in [0.05, 0.1) is 22.8 Å². The number of para-hydroxylation sites is 1. The van der Waals surface area contributed by atoms with Crippen molar-refractivity contribution in [2.45, 2.75) is 13.3 Å². The van der Waals surface area contributed by atoms with Gasteiger partial charge in [0.25, 0.3) is 0 Å². The van der Waals surface area contributed by atoms with Gasteiger partial charge in [-0.2, -0.15) is 0 Å². The Labute approximate surface area is 136 Å². The molecular formula is C16H13ClN2O2S. The van der Waals surface area contributed by atoms with Crippen molar-refractivity contribution in [3.8, 4) is 10.8 Å². The van der Waals surface area contributed by atoms with Gasteiger partial charge in [0, 0.05) is 5.38 Å². The summed E-state index contributed by atoms with van der Waals surface area (Å²) in [6.45, 7) is 1.88. The minimum absolute atomic E-state index is 0.152. The van der Waals surface area contributed by atoms with Gasteiger partial charge in [-0.3, -0.25) is 4.79 Å². The smallest absolute Gasteiger partial charge is 0.230 e. The highest BCUT2D eigenvalue weighted by Crippen LogP contribution is 2.26. The molecule has 112 valence electrons. The molecule has 4 nitrogen and oxygen atoms in total. The number of hydrogen-bond acceptors (Lipinski definition) is 4. The topological polar surface area (TPSA) is 55.1 Å². The number of aromatic nitrogens is 1. The Morgan fingerprint density at radius 2 is 2.14 bits per heavy atom. The third kappa shape index (κ3) is 3.37. The van der Waals surface area contributed by atoms with Gasteiger partial charge in [-0.05, 0) is 31.2 Å². The Morgan fingerprint density at radius 1 is 1.32 bits per heavy atom.